The molecule has 0 atom stereocenters. The maximum atomic E-state index is 8.89. The normalized spacial score (nSPS) is 2.94. The van der Waals surface area contributed by atoms with Crippen molar-refractivity contribution in [1.29, 1.82) is 0 Å². The topological polar surface area (TPSA) is 332 Å². The van der Waals surface area contributed by atoms with Gasteiger partial charge in [0, 0.05) is 11.9 Å². The molecule has 0 saturated carbocycles. The van der Waals surface area contributed by atoms with Crippen molar-refractivity contribution in [2.75, 3.05) is 0 Å². The third-order valence-corrected chi connectivity index (χ3v) is 0. The SMILES string of the molecule is CC(=O)[O-].CC(=O)[O-].O.O.O.O.O.O.O.O.[Cu+2]. The van der Waals surface area contributed by atoms with Gasteiger partial charge in [-0.05, 0) is 13.8 Å². The van der Waals surface area contributed by atoms with E-state index in [9.17, 15) is 0 Å². The van der Waals surface area contributed by atoms with Gasteiger partial charge in [-0.15, -0.1) is 0 Å². The fourth-order valence-electron chi connectivity index (χ4n) is 0. The van der Waals surface area contributed by atoms with Gasteiger partial charge < -0.3 is 63.6 Å². The number of hydrogen-bond acceptors (Lipinski definition) is 4. The molecule has 0 aromatic rings. The number of aliphatic carboxylic acids is 2. The minimum atomic E-state index is -1.08. The number of carboxylic acids is 2. The summed E-state index contributed by atoms with van der Waals surface area (Å²) in [6.07, 6.45) is 0. The Labute approximate surface area is 107 Å². The smallest absolute Gasteiger partial charge is 0.550 e. The quantitative estimate of drug-likeness (QED) is 0.391. The number of rotatable bonds is 0. The van der Waals surface area contributed by atoms with Gasteiger partial charge in [-0.3, -0.25) is 0 Å². The van der Waals surface area contributed by atoms with Crippen LogP contribution in [0.2, 0.25) is 0 Å². The van der Waals surface area contributed by atoms with Crippen molar-refractivity contribution in [3.63, 3.8) is 0 Å². The fourth-order valence-corrected chi connectivity index (χ4v) is 0. The molecule has 0 fully saturated rings. The molecule has 0 saturated heterocycles. The molecule has 0 aromatic carbocycles. The van der Waals surface area contributed by atoms with Crippen LogP contribution in [-0.2, 0) is 26.7 Å². The Morgan fingerprint density at radius 3 is 0.588 bits per heavy atom. The molecule has 0 unspecified atom stereocenters. The van der Waals surface area contributed by atoms with Crippen LogP contribution in [0.1, 0.15) is 13.8 Å². The number of carbonyl (C=O) groups excluding carboxylic acids is 2. The zero-order valence-electron chi connectivity index (χ0n) is 8.93. The molecule has 1 radical (unpaired) electrons. The Kier molecular flexibility index (Phi) is 944. The van der Waals surface area contributed by atoms with E-state index in [0.717, 1.165) is 13.8 Å². The monoisotopic (exact) mass is 325 g/mol. The van der Waals surface area contributed by atoms with Crippen LogP contribution in [0.3, 0.4) is 0 Å². The van der Waals surface area contributed by atoms with Crippen LogP contribution in [0.25, 0.3) is 0 Å². The van der Waals surface area contributed by atoms with Gasteiger partial charge in [-0.1, -0.05) is 0 Å². The summed E-state index contributed by atoms with van der Waals surface area (Å²) >= 11 is 0. The standard InChI is InChI=1S/2C2H4O2.Cu.8H2O/c2*1-2(3)4;;;;;;;;;/h2*1H3,(H,3,4);;8*1H2/q;;+2;;;;;;;;/p-2. The maximum absolute atomic E-state index is 8.89. The summed E-state index contributed by atoms with van der Waals surface area (Å²) in [5.41, 5.74) is 0. The summed E-state index contributed by atoms with van der Waals surface area (Å²) in [4.78, 5) is 17.8. The second kappa shape index (κ2) is 115. The minimum Gasteiger partial charge on any atom is -0.550 e. The first kappa shape index (κ1) is 140. The summed E-state index contributed by atoms with van der Waals surface area (Å²) < 4.78 is 0. The van der Waals surface area contributed by atoms with Crippen LogP contribution < -0.4 is 10.2 Å². The molecule has 0 spiro atoms. The molecule has 0 aromatic heterocycles. The van der Waals surface area contributed by atoms with E-state index in [1.54, 1.807) is 0 Å². The molecule has 0 bridgehead atoms. The van der Waals surface area contributed by atoms with E-state index >= 15 is 0 Å². The minimum absolute atomic E-state index is 0. The molecule has 0 amide bonds. The van der Waals surface area contributed by atoms with Crippen LogP contribution in [0.5, 0.6) is 0 Å². The van der Waals surface area contributed by atoms with Gasteiger partial charge in [-0.25, -0.2) is 0 Å². The van der Waals surface area contributed by atoms with Crippen molar-refractivity contribution < 1.29 is 80.7 Å². The summed E-state index contributed by atoms with van der Waals surface area (Å²) in [7, 11) is 0. The summed E-state index contributed by atoms with van der Waals surface area (Å²) in [5, 5.41) is 17.8. The van der Waals surface area contributed by atoms with E-state index in [1.807, 2.05) is 0 Å². The third-order valence-electron chi connectivity index (χ3n) is 0. The molecule has 12 nitrogen and oxygen atoms in total. The summed E-state index contributed by atoms with van der Waals surface area (Å²) in [6, 6.07) is 0. The number of carboxylic acid groups (broad SMARTS) is 2. The van der Waals surface area contributed by atoms with Crippen molar-refractivity contribution >= 4 is 11.9 Å². The Bertz CT molecular complexity index is 76.5. The van der Waals surface area contributed by atoms with E-state index in [-0.39, 0.29) is 60.9 Å². The molecule has 0 rings (SSSR count). The van der Waals surface area contributed by atoms with E-state index < -0.39 is 11.9 Å². The van der Waals surface area contributed by atoms with E-state index in [1.165, 1.54) is 0 Å². The number of carbonyl (C=O) groups is 2. The maximum Gasteiger partial charge on any atom is 2.00 e. The molecule has 0 heterocycles. The molecule has 0 aliphatic carbocycles. The first-order chi connectivity index (χ1) is 3.46. The van der Waals surface area contributed by atoms with Crippen molar-refractivity contribution in [1.82, 2.24) is 0 Å². The van der Waals surface area contributed by atoms with Gasteiger partial charge in [0.15, 0.2) is 0 Å². The molecule has 16 N–H and O–H groups in total. The largest absolute Gasteiger partial charge is 2.00 e. The molecule has 0 aliphatic rings. The van der Waals surface area contributed by atoms with Gasteiger partial charge >= 0.3 is 17.1 Å². The average Bonchev–Trinajstić information content (AvgIpc) is 1.25. The molecule has 17 heavy (non-hydrogen) atoms. The second-order valence-corrected chi connectivity index (χ2v) is 0.983. The zero-order valence-corrected chi connectivity index (χ0v) is 9.88. The van der Waals surface area contributed by atoms with Crippen LogP contribution in [-0.4, -0.2) is 55.7 Å². The average molecular weight is 326 g/mol. The van der Waals surface area contributed by atoms with Crippen molar-refractivity contribution in [3.05, 3.63) is 0 Å². The Morgan fingerprint density at radius 1 is 0.588 bits per heavy atom. The van der Waals surface area contributed by atoms with Gasteiger partial charge in [0.2, 0.25) is 0 Å². The zero-order chi connectivity index (χ0) is 7.15. The Hall–Kier alpha value is -0.861. The molecule has 121 valence electrons. The van der Waals surface area contributed by atoms with Gasteiger partial charge in [0.05, 0.1) is 0 Å². The van der Waals surface area contributed by atoms with E-state index in [4.69, 9.17) is 19.8 Å². The van der Waals surface area contributed by atoms with Crippen LogP contribution in [0.4, 0.5) is 0 Å². The van der Waals surface area contributed by atoms with Crippen LogP contribution in [0.15, 0.2) is 0 Å². The van der Waals surface area contributed by atoms with Gasteiger partial charge in [0.1, 0.15) is 0 Å². The van der Waals surface area contributed by atoms with Gasteiger partial charge in [-0.2, -0.15) is 0 Å². The molecular weight excluding hydrogens is 304 g/mol. The van der Waals surface area contributed by atoms with Crippen LogP contribution >= 0.6 is 0 Å². The van der Waals surface area contributed by atoms with E-state index in [2.05, 4.69) is 0 Å². The number of hydrogen-bond donors (Lipinski definition) is 0. The third kappa shape index (κ3) is 3530. The first-order valence-electron chi connectivity index (χ1n) is 1.82. The van der Waals surface area contributed by atoms with E-state index in [0.29, 0.717) is 0 Å². The summed E-state index contributed by atoms with van der Waals surface area (Å²) in [6.45, 7) is 1.94. The van der Waals surface area contributed by atoms with Crippen molar-refractivity contribution in [2.45, 2.75) is 13.8 Å². The first-order valence-corrected chi connectivity index (χ1v) is 1.82. The van der Waals surface area contributed by atoms with Crippen LogP contribution in [0, 0.1) is 0 Å². The predicted molar refractivity (Wildman–Crippen MR) is 50.3 cm³/mol. The molecule has 0 aliphatic heterocycles. The van der Waals surface area contributed by atoms with Crippen molar-refractivity contribution in [2.24, 2.45) is 0 Å². The summed E-state index contributed by atoms with van der Waals surface area (Å²) in [5.74, 6) is -2.17. The Morgan fingerprint density at radius 2 is 0.588 bits per heavy atom. The Balaban J connectivity index is -0.00000000308. The molecular formula is C4H22CuO12. The molecule has 13 heteroatoms. The second-order valence-electron chi connectivity index (χ2n) is 0.983. The predicted octanol–water partition coefficient (Wildman–Crippen LogP) is -9.09. The van der Waals surface area contributed by atoms with Crippen molar-refractivity contribution in [3.8, 4) is 0 Å². The van der Waals surface area contributed by atoms with Gasteiger partial charge in [0.25, 0.3) is 0 Å². The fraction of sp³-hybridized carbons (Fsp3) is 0.500.